The molecule has 0 aliphatic heterocycles. The predicted molar refractivity (Wildman–Crippen MR) is 73.3 cm³/mol. The number of hydrogen-bond acceptors (Lipinski definition) is 5. The molecule has 1 N–H and O–H groups in total. The van der Waals surface area contributed by atoms with Gasteiger partial charge in [0.1, 0.15) is 0 Å². The summed E-state index contributed by atoms with van der Waals surface area (Å²) in [5.74, 6) is 0.646. The minimum Gasteiger partial charge on any atom is -0.340 e. The molecule has 0 fully saturated rings. The Morgan fingerprint density at radius 1 is 1.15 bits per heavy atom. The van der Waals surface area contributed by atoms with Crippen molar-refractivity contribution in [2.45, 2.75) is 13.0 Å². The van der Waals surface area contributed by atoms with Crippen molar-refractivity contribution < 1.29 is 4.52 Å². The van der Waals surface area contributed by atoms with E-state index in [4.69, 9.17) is 4.52 Å². The summed E-state index contributed by atoms with van der Waals surface area (Å²) in [5, 5.41) is 11.4. The third-order valence-corrected chi connectivity index (χ3v) is 2.89. The maximum Gasteiger partial charge on any atom is 0.227 e. The highest BCUT2D eigenvalue weighted by atomic mass is 16.5. The van der Waals surface area contributed by atoms with Crippen molar-refractivity contribution in [1.82, 2.24) is 25.2 Å². The molecule has 0 saturated carbocycles. The molecule has 3 aromatic rings. The lowest BCUT2D eigenvalue weighted by molar-refractivity contribution is 0.374. The second-order valence-electron chi connectivity index (χ2n) is 4.35. The minimum absolute atomic E-state index is 0.646. The Labute approximate surface area is 116 Å². The van der Waals surface area contributed by atoms with E-state index in [0.717, 1.165) is 24.3 Å². The van der Waals surface area contributed by atoms with Crippen LogP contribution in [-0.2, 0) is 13.0 Å². The van der Waals surface area contributed by atoms with Crippen molar-refractivity contribution in [3.63, 3.8) is 0 Å². The largest absolute Gasteiger partial charge is 0.340 e. The van der Waals surface area contributed by atoms with E-state index in [0.29, 0.717) is 12.4 Å². The number of benzene rings is 1. The van der Waals surface area contributed by atoms with Crippen molar-refractivity contribution >= 4 is 0 Å². The van der Waals surface area contributed by atoms with E-state index >= 15 is 0 Å². The van der Waals surface area contributed by atoms with Gasteiger partial charge in [0.15, 0.2) is 6.33 Å². The Balaban J connectivity index is 1.50. The summed E-state index contributed by atoms with van der Waals surface area (Å²) in [7, 11) is 0. The molecule has 1 aromatic carbocycles. The minimum atomic E-state index is 0.646. The zero-order chi connectivity index (χ0) is 13.6. The molecule has 0 radical (unpaired) electrons. The maximum atomic E-state index is 4.93. The fraction of sp³-hybridized carbons (Fsp3) is 0.214. The van der Waals surface area contributed by atoms with E-state index < -0.39 is 0 Å². The molecule has 0 bridgehead atoms. The molecule has 0 unspecified atom stereocenters. The van der Waals surface area contributed by atoms with Gasteiger partial charge in [-0.3, -0.25) is 0 Å². The lowest BCUT2D eigenvalue weighted by Crippen LogP contribution is -2.17. The van der Waals surface area contributed by atoms with E-state index in [2.05, 4.69) is 20.6 Å². The first-order valence-corrected chi connectivity index (χ1v) is 6.48. The lowest BCUT2D eigenvalue weighted by atomic mass is 10.3. The van der Waals surface area contributed by atoms with Gasteiger partial charge in [-0.15, -0.1) is 0 Å². The summed E-state index contributed by atoms with van der Waals surface area (Å²) < 4.78 is 6.80. The molecule has 0 amide bonds. The molecular formula is C14H15N5O. The first kappa shape index (κ1) is 12.6. The van der Waals surface area contributed by atoms with Gasteiger partial charge < -0.3 is 9.84 Å². The number of aromatic nitrogens is 4. The fourth-order valence-electron chi connectivity index (χ4n) is 1.90. The van der Waals surface area contributed by atoms with Crippen LogP contribution in [0, 0.1) is 0 Å². The zero-order valence-electron chi connectivity index (χ0n) is 10.9. The van der Waals surface area contributed by atoms with Crippen LogP contribution >= 0.6 is 0 Å². The maximum absolute atomic E-state index is 4.93. The topological polar surface area (TPSA) is 68.8 Å². The van der Waals surface area contributed by atoms with E-state index in [-0.39, 0.29) is 0 Å². The molecule has 6 nitrogen and oxygen atoms in total. The highest BCUT2D eigenvalue weighted by molar-refractivity contribution is 5.30. The fourth-order valence-corrected chi connectivity index (χ4v) is 1.90. The second-order valence-corrected chi connectivity index (χ2v) is 4.35. The van der Waals surface area contributed by atoms with Gasteiger partial charge in [0.25, 0.3) is 0 Å². The average molecular weight is 269 g/mol. The van der Waals surface area contributed by atoms with Crippen molar-refractivity contribution in [1.29, 1.82) is 0 Å². The molecule has 2 aromatic heterocycles. The van der Waals surface area contributed by atoms with Crippen LogP contribution in [0.3, 0.4) is 0 Å². The summed E-state index contributed by atoms with van der Waals surface area (Å²) >= 11 is 0. The summed E-state index contributed by atoms with van der Waals surface area (Å²) in [4.78, 5) is 3.97. The van der Waals surface area contributed by atoms with Crippen LogP contribution < -0.4 is 5.32 Å². The molecule has 0 atom stereocenters. The Morgan fingerprint density at radius 2 is 2.05 bits per heavy atom. The predicted octanol–water partition coefficient (Wildman–Crippen LogP) is 1.59. The van der Waals surface area contributed by atoms with Gasteiger partial charge in [-0.2, -0.15) is 10.1 Å². The van der Waals surface area contributed by atoms with E-state index in [1.807, 2.05) is 47.3 Å². The van der Waals surface area contributed by atoms with Crippen LogP contribution in [0.25, 0.3) is 5.69 Å². The van der Waals surface area contributed by atoms with Gasteiger partial charge in [-0.25, -0.2) is 4.68 Å². The molecule has 20 heavy (non-hydrogen) atoms. The molecule has 0 spiro atoms. The monoisotopic (exact) mass is 269 g/mol. The zero-order valence-corrected chi connectivity index (χ0v) is 10.9. The number of rotatable bonds is 6. The summed E-state index contributed by atoms with van der Waals surface area (Å²) in [6, 6.07) is 12.1. The number of nitrogens with one attached hydrogen (secondary N) is 1. The number of nitrogens with zero attached hydrogens (tertiary/aromatic N) is 4. The lowest BCUT2D eigenvalue weighted by Gasteiger charge is -2.01. The summed E-state index contributed by atoms with van der Waals surface area (Å²) in [6.07, 6.45) is 4.10. The number of hydrogen-bond donors (Lipinski definition) is 1. The standard InChI is InChI=1S/C14H15N5O/c1-2-4-13(5-3-1)19-9-7-12(18-19)10-15-8-6-14-16-11-17-20-14/h1-5,7,9,11,15H,6,8,10H2. The molecule has 0 aliphatic rings. The average Bonchev–Trinajstić information content (AvgIpc) is 3.16. The highest BCUT2D eigenvalue weighted by Crippen LogP contribution is 2.06. The Bertz CT molecular complexity index is 633. The van der Waals surface area contributed by atoms with Crippen LogP contribution in [0.4, 0.5) is 0 Å². The number of para-hydroxylation sites is 1. The summed E-state index contributed by atoms with van der Waals surface area (Å²) in [6.45, 7) is 1.49. The van der Waals surface area contributed by atoms with Gasteiger partial charge in [-0.05, 0) is 18.2 Å². The third-order valence-electron chi connectivity index (χ3n) is 2.89. The van der Waals surface area contributed by atoms with Crippen molar-refractivity contribution in [3.8, 4) is 5.69 Å². The summed E-state index contributed by atoms with van der Waals surface area (Å²) in [5.41, 5.74) is 2.06. The first-order chi connectivity index (χ1) is 9.92. The molecule has 2 heterocycles. The Kier molecular flexibility index (Phi) is 3.84. The molecule has 0 saturated heterocycles. The molecule has 6 heteroatoms. The van der Waals surface area contributed by atoms with Crippen molar-refractivity contribution in [3.05, 3.63) is 60.5 Å². The Morgan fingerprint density at radius 3 is 2.85 bits per heavy atom. The van der Waals surface area contributed by atoms with Crippen LogP contribution in [0.5, 0.6) is 0 Å². The molecular weight excluding hydrogens is 254 g/mol. The molecule has 3 rings (SSSR count). The van der Waals surface area contributed by atoms with Gasteiger partial charge in [0, 0.05) is 25.7 Å². The third kappa shape index (κ3) is 3.10. The highest BCUT2D eigenvalue weighted by Gasteiger charge is 2.02. The normalized spacial score (nSPS) is 10.8. The van der Waals surface area contributed by atoms with Gasteiger partial charge in [0.2, 0.25) is 5.89 Å². The Hall–Kier alpha value is -2.47. The van der Waals surface area contributed by atoms with Gasteiger partial charge >= 0.3 is 0 Å². The van der Waals surface area contributed by atoms with E-state index in [9.17, 15) is 0 Å². The van der Waals surface area contributed by atoms with Crippen LogP contribution in [-0.4, -0.2) is 26.5 Å². The quantitative estimate of drug-likeness (QED) is 0.688. The second kappa shape index (κ2) is 6.12. The van der Waals surface area contributed by atoms with Gasteiger partial charge in [0.05, 0.1) is 11.4 Å². The van der Waals surface area contributed by atoms with Crippen molar-refractivity contribution in [2.24, 2.45) is 0 Å². The van der Waals surface area contributed by atoms with Crippen LogP contribution in [0.15, 0.2) is 53.4 Å². The molecule has 102 valence electrons. The SMILES string of the molecule is c1ccc(-n2ccc(CNCCc3ncno3)n2)cc1. The first-order valence-electron chi connectivity index (χ1n) is 6.48. The van der Waals surface area contributed by atoms with Crippen molar-refractivity contribution in [2.75, 3.05) is 6.54 Å². The molecule has 0 aliphatic carbocycles. The smallest absolute Gasteiger partial charge is 0.227 e. The van der Waals surface area contributed by atoms with E-state index in [1.165, 1.54) is 6.33 Å². The van der Waals surface area contributed by atoms with Crippen LogP contribution in [0.1, 0.15) is 11.6 Å². The van der Waals surface area contributed by atoms with Crippen LogP contribution in [0.2, 0.25) is 0 Å². The van der Waals surface area contributed by atoms with Gasteiger partial charge in [-0.1, -0.05) is 23.4 Å². The van der Waals surface area contributed by atoms with E-state index in [1.54, 1.807) is 0 Å².